The second kappa shape index (κ2) is 6.41. The Hall–Kier alpha value is -2.00. The van der Waals surface area contributed by atoms with Crippen LogP contribution in [-0.2, 0) is 6.42 Å². The Morgan fingerprint density at radius 2 is 2.00 bits per heavy atom. The number of carbonyl (C=O) groups is 1. The molecule has 3 rings (SSSR count). The lowest BCUT2D eigenvalue weighted by molar-refractivity contribution is 0.0987. The van der Waals surface area contributed by atoms with E-state index >= 15 is 0 Å². The number of nitrogens with zero attached hydrogens (tertiary/aromatic N) is 1. The van der Waals surface area contributed by atoms with Crippen molar-refractivity contribution >= 4 is 28.9 Å². The molecule has 0 saturated carbocycles. The van der Waals surface area contributed by atoms with E-state index in [1.165, 1.54) is 5.56 Å². The van der Waals surface area contributed by atoms with Crippen LogP contribution >= 0.6 is 11.6 Å². The van der Waals surface area contributed by atoms with Crippen molar-refractivity contribution in [3.63, 3.8) is 0 Å². The highest BCUT2D eigenvalue weighted by Crippen LogP contribution is 2.29. The molecule has 0 atom stereocenters. The molecule has 0 saturated heterocycles. The van der Waals surface area contributed by atoms with Gasteiger partial charge < -0.3 is 10.2 Å². The topological polar surface area (TPSA) is 32.3 Å². The summed E-state index contributed by atoms with van der Waals surface area (Å²) in [6.07, 6.45) is 3.13. The maximum absolute atomic E-state index is 13.0. The maximum atomic E-state index is 13.0. The van der Waals surface area contributed by atoms with E-state index in [-0.39, 0.29) is 5.91 Å². The second-order valence-electron chi connectivity index (χ2n) is 5.49. The van der Waals surface area contributed by atoms with Gasteiger partial charge in [0.1, 0.15) is 0 Å². The first-order valence-electron chi connectivity index (χ1n) is 7.58. The molecular weight excluding hydrogens is 296 g/mol. The van der Waals surface area contributed by atoms with E-state index in [0.717, 1.165) is 37.2 Å². The average Bonchev–Trinajstić information content (AvgIpc) is 2.76. The molecule has 0 spiro atoms. The van der Waals surface area contributed by atoms with Gasteiger partial charge in [0.25, 0.3) is 5.91 Å². The van der Waals surface area contributed by atoms with Crippen LogP contribution in [0.5, 0.6) is 0 Å². The molecule has 0 radical (unpaired) electrons. The molecule has 3 nitrogen and oxygen atoms in total. The van der Waals surface area contributed by atoms with Crippen LogP contribution in [0.3, 0.4) is 0 Å². The zero-order valence-electron chi connectivity index (χ0n) is 12.6. The number of anilines is 2. The second-order valence-corrected chi connectivity index (χ2v) is 5.89. The highest BCUT2D eigenvalue weighted by Gasteiger charge is 2.23. The maximum Gasteiger partial charge on any atom is 0.259 e. The molecule has 1 amide bonds. The summed E-state index contributed by atoms with van der Waals surface area (Å²) in [5, 5.41) is 3.51. The standard InChI is InChI=1S/C18H19ClN2O/c1-20-14-9-10-15(16(19)12-14)18(22)21-11-5-4-7-13-6-2-3-8-17(13)21/h2-3,6,8-10,12,20H,4-5,7,11H2,1H3. The number of hydrogen-bond donors (Lipinski definition) is 1. The molecule has 22 heavy (non-hydrogen) atoms. The SMILES string of the molecule is CNc1ccc(C(=O)N2CCCCc3ccccc32)c(Cl)c1. The molecule has 1 aliphatic heterocycles. The van der Waals surface area contributed by atoms with Gasteiger partial charge in [0.15, 0.2) is 0 Å². The fourth-order valence-electron chi connectivity index (χ4n) is 2.89. The molecule has 0 bridgehead atoms. The Balaban J connectivity index is 1.98. The number of benzene rings is 2. The third kappa shape index (κ3) is 2.81. The van der Waals surface area contributed by atoms with Gasteiger partial charge in [-0.3, -0.25) is 4.79 Å². The average molecular weight is 315 g/mol. The largest absolute Gasteiger partial charge is 0.388 e. The summed E-state index contributed by atoms with van der Waals surface area (Å²) in [7, 11) is 1.83. The monoisotopic (exact) mass is 314 g/mol. The Kier molecular flexibility index (Phi) is 4.34. The first kappa shape index (κ1) is 14.9. The Bertz CT molecular complexity index is 699. The van der Waals surface area contributed by atoms with E-state index in [0.29, 0.717) is 10.6 Å². The highest BCUT2D eigenvalue weighted by atomic mass is 35.5. The Labute approximate surface area is 135 Å². The lowest BCUT2D eigenvalue weighted by atomic mass is 10.1. The molecule has 2 aromatic carbocycles. The fourth-order valence-corrected chi connectivity index (χ4v) is 3.15. The van der Waals surface area contributed by atoms with Crippen molar-refractivity contribution in [1.29, 1.82) is 0 Å². The summed E-state index contributed by atoms with van der Waals surface area (Å²) < 4.78 is 0. The van der Waals surface area contributed by atoms with Crippen molar-refractivity contribution in [2.75, 3.05) is 23.8 Å². The molecule has 0 aromatic heterocycles. The van der Waals surface area contributed by atoms with Gasteiger partial charge in [-0.1, -0.05) is 29.8 Å². The van der Waals surface area contributed by atoms with Gasteiger partial charge in [0, 0.05) is 25.0 Å². The van der Waals surface area contributed by atoms with Gasteiger partial charge in [-0.05, 0) is 49.1 Å². The van der Waals surface area contributed by atoms with Crippen LogP contribution in [0.1, 0.15) is 28.8 Å². The van der Waals surface area contributed by atoms with Crippen molar-refractivity contribution in [2.45, 2.75) is 19.3 Å². The third-order valence-corrected chi connectivity index (χ3v) is 4.41. The number of aryl methyl sites for hydroxylation is 1. The van der Waals surface area contributed by atoms with E-state index in [2.05, 4.69) is 11.4 Å². The van der Waals surface area contributed by atoms with Crippen LogP contribution in [0.2, 0.25) is 5.02 Å². The number of hydrogen-bond acceptors (Lipinski definition) is 2. The molecular formula is C18H19ClN2O. The van der Waals surface area contributed by atoms with E-state index < -0.39 is 0 Å². The predicted molar refractivity (Wildman–Crippen MR) is 92.1 cm³/mol. The minimum absolute atomic E-state index is 0.0259. The highest BCUT2D eigenvalue weighted by molar-refractivity contribution is 6.34. The lowest BCUT2D eigenvalue weighted by Gasteiger charge is -2.23. The number of rotatable bonds is 2. The molecule has 1 heterocycles. The fraction of sp³-hybridized carbons (Fsp3) is 0.278. The van der Waals surface area contributed by atoms with Crippen LogP contribution in [0.4, 0.5) is 11.4 Å². The van der Waals surface area contributed by atoms with Gasteiger partial charge in [-0.25, -0.2) is 0 Å². The smallest absolute Gasteiger partial charge is 0.259 e. The van der Waals surface area contributed by atoms with Gasteiger partial charge in [-0.15, -0.1) is 0 Å². The molecule has 1 aliphatic rings. The molecule has 4 heteroatoms. The number of halogens is 1. The Morgan fingerprint density at radius 3 is 2.77 bits per heavy atom. The number of fused-ring (bicyclic) bond motifs is 1. The summed E-state index contributed by atoms with van der Waals surface area (Å²) in [6.45, 7) is 0.736. The van der Waals surface area contributed by atoms with Crippen molar-refractivity contribution < 1.29 is 4.79 Å². The van der Waals surface area contributed by atoms with Gasteiger partial charge >= 0.3 is 0 Å². The van der Waals surface area contributed by atoms with E-state index in [9.17, 15) is 4.79 Å². The number of amides is 1. The molecule has 0 fully saturated rings. The van der Waals surface area contributed by atoms with Crippen LogP contribution in [0, 0.1) is 0 Å². The first-order chi connectivity index (χ1) is 10.7. The van der Waals surface area contributed by atoms with Gasteiger partial charge in [0.05, 0.1) is 10.6 Å². The van der Waals surface area contributed by atoms with Crippen LogP contribution in [0.15, 0.2) is 42.5 Å². The van der Waals surface area contributed by atoms with E-state index in [1.54, 1.807) is 12.1 Å². The zero-order chi connectivity index (χ0) is 15.5. The summed E-state index contributed by atoms with van der Waals surface area (Å²) >= 11 is 6.30. The normalized spacial score (nSPS) is 14.2. The van der Waals surface area contributed by atoms with Crippen molar-refractivity contribution in [1.82, 2.24) is 0 Å². The number of para-hydroxylation sites is 1. The number of nitrogens with one attached hydrogen (secondary N) is 1. The lowest BCUT2D eigenvalue weighted by Crippen LogP contribution is -2.32. The van der Waals surface area contributed by atoms with Gasteiger partial charge in [-0.2, -0.15) is 0 Å². The van der Waals surface area contributed by atoms with Crippen molar-refractivity contribution in [2.24, 2.45) is 0 Å². The van der Waals surface area contributed by atoms with Crippen LogP contribution in [-0.4, -0.2) is 19.5 Å². The third-order valence-electron chi connectivity index (χ3n) is 4.09. The van der Waals surface area contributed by atoms with E-state index in [1.807, 2.05) is 36.2 Å². The zero-order valence-corrected chi connectivity index (χ0v) is 13.4. The van der Waals surface area contributed by atoms with Crippen molar-refractivity contribution in [3.05, 3.63) is 58.6 Å². The summed E-state index contributed by atoms with van der Waals surface area (Å²) in [6, 6.07) is 13.6. The minimum Gasteiger partial charge on any atom is -0.388 e. The minimum atomic E-state index is -0.0259. The Morgan fingerprint density at radius 1 is 1.18 bits per heavy atom. The van der Waals surface area contributed by atoms with Gasteiger partial charge in [0.2, 0.25) is 0 Å². The quantitative estimate of drug-likeness (QED) is 0.893. The van der Waals surface area contributed by atoms with E-state index in [4.69, 9.17) is 11.6 Å². The molecule has 0 unspecified atom stereocenters. The van der Waals surface area contributed by atoms with Crippen LogP contribution in [0.25, 0.3) is 0 Å². The summed E-state index contributed by atoms with van der Waals surface area (Å²) in [5.74, 6) is -0.0259. The molecule has 1 N–H and O–H groups in total. The van der Waals surface area contributed by atoms with Crippen molar-refractivity contribution in [3.8, 4) is 0 Å². The predicted octanol–water partition coefficient (Wildman–Crippen LogP) is 4.36. The first-order valence-corrected chi connectivity index (χ1v) is 7.95. The van der Waals surface area contributed by atoms with Crippen LogP contribution < -0.4 is 10.2 Å². The molecule has 0 aliphatic carbocycles. The molecule has 114 valence electrons. The summed E-state index contributed by atoms with van der Waals surface area (Å²) in [4.78, 5) is 14.8. The number of carbonyl (C=O) groups excluding carboxylic acids is 1. The summed E-state index contributed by atoms with van der Waals surface area (Å²) in [5.41, 5.74) is 3.70. The molecule has 2 aromatic rings.